The van der Waals surface area contributed by atoms with Crippen LogP contribution in [0.25, 0.3) is 0 Å². The number of benzene rings is 1. The third-order valence-corrected chi connectivity index (χ3v) is 5.52. The van der Waals surface area contributed by atoms with E-state index < -0.39 is 10.0 Å². The molecule has 0 saturated carbocycles. The zero-order valence-electron chi connectivity index (χ0n) is 14.0. The second-order valence-corrected chi connectivity index (χ2v) is 7.51. The molecule has 1 unspecified atom stereocenters. The SMILES string of the molecule is COCCn1cc(S(=O)(=O)NCC2NCCc3ccccc32)cn1.Cl. The van der Waals surface area contributed by atoms with E-state index in [1.165, 1.54) is 18.0 Å². The van der Waals surface area contributed by atoms with E-state index in [1.54, 1.807) is 11.8 Å². The highest BCUT2D eigenvalue weighted by molar-refractivity contribution is 7.89. The van der Waals surface area contributed by atoms with E-state index in [-0.39, 0.29) is 23.3 Å². The Labute approximate surface area is 154 Å². The lowest BCUT2D eigenvalue weighted by Crippen LogP contribution is -2.38. The van der Waals surface area contributed by atoms with Crippen LogP contribution in [0.15, 0.2) is 41.6 Å². The second kappa shape index (κ2) is 8.77. The molecule has 3 rings (SSSR count). The molecule has 25 heavy (non-hydrogen) atoms. The molecule has 0 radical (unpaired) electrons. The summed E-state index contributed by atoms with van der Waals surface area (Å²) in [5, 5.41) is 7.42. The van der Waals surface area contributed by atoms with Crippen LogP contribution in [0, 0.1) is 0 Å². The molecule has 1 atom stereocenters. The Balaban J connectivity index is 0.00000225. The van der Waals surface area contributed by atoms with E-state index in [1.807, 2.05) is 18.2 Å². The molecule has 2 N–H and O–H groups in total. The fourth-order valence-corrected chi connectivity index (χ4v) is 3.84. The molecular weight excluding hydrogens is 364 g/mol. The molecule has 0 amide bonds. The molecule has 1 aliphatic rings. The molecule has 0 aliphatic carbocycles. The minimum Gasteiger partial charge on any atom is -0.383 e. The number of sulfonamides is 1. The van der Waals surface area contributed by atoms with Crippen LogP contribution >= 0.6 is 12.4 Å². The number of halogens is 1. The molecule has 0 saturated heterocycles. The van der Waals surface area contributed by atoms with Crippen LogP contribution in [0.2, 0.25) is 0 Å². The summed E-state index contributed by atoms with van der Waals surface area (Å²) in [5.74, 6) is 0. The highest BCUT2D eigenvalue weighted by atomic mass is 35.5. The number of hydrogen-bond acceptors (Lipinski definition) is 5. The lowest BCUT2D eigenvalue weighted by atomic mass is 9.95. The zero-order chi connectivity index (χ0) is 17.0. The lowest BCUT2D eigenvalue weighted by Gasteiger charge is -2.27. The number of hydrogen-bond donors (Lipinski definition) is 2. The molecule has 2 heterocycles. The average molecular weight is 387 g/mol. The Hall–Kier alpha value is -1.45. The maximum Gasteiger partial charge on any atom is 0.243 e. The van der Waals surface area contributed by atoms with E-state index in [0.717, 1.165) is 18.5 Å². The summed E-state index contributed by atoms with van der Waals surface area (Å²) in [6.07, 6.45) is 3.84. The molecule has 0 spiro atoms. The molecular formula is C16H23ClN4O3S. The zero-order valence-corrected chi connectivity index (χ0v) is 15.6. The van der Waals surface area contributed by atoms with Gasteiger partial charge in [0.05, 0.1) is 19.3 Å². The van der Waals surface area contributed by atoms with Crippen LogP contribution in [0.4, 0.5) is 0 Å². The standard InChI is InChI=1S/C16H22N4O3S.ClH/c1-23-9-8-20-12-14(10-18-20)24(21,22)19-11-16-15-5-3-2-4-13(15)6-7-17-16;/h2-5,10,12,16-17,19H,6-9,11H2,1H3;1H. The van der Waals surface area contributed by atoms with Gasteiger partial charge < -0.3 is 10.1 Å². The van der Waals surface area contributed by atoms with Gasteiger partial charge in [-0.2, -0.15) is 5.10 Å². The van der Waals surface area contributed by atoms with Crippen molar-refractivity contribution in [3.63, 3.8) is 0 Å². The molecule has 1 aliphatic heterocycles. The maximum absolute atomic E-state index is 12.5. The number of aromatic nitrogens is 2. The van der Waals surface area contributed by atoms with Crippen molar-refractivity contribution < 1.29 is 13.2 Å². The van der Waals surface area contributed by atoms with Gasteiger partial charge in [-0.1, -0.05) is 24.3 Å². The first-order valence-corrected chi connectivity index (χ1v) is 9.41. The molecule has 0 fully saturated rings. The molecule has 138 valence electrons. The van der Waals surface area contributed by atoms with Gasteiger partial charge in [-0.25, -0.2) is 13.1 Å². The number of ether oxygens (including phenoxy) is 1. The van der Waals surface area contributed by atoms with Gasteiger partial charge >= 0.3 is 0 Å². The fraction of sp³-hybridized carbons (Fsp3) is 0.438. The van der Waals surface area contributed by atoms with E-state index in [4.69, 9.17) is 4.74 Å². The van der Waals surface area contributed by atoms with Crippen molar-refractivity contribution in [2.24, 2.45) is 0 Å². The van der Waals surface area contributed by atoms with Gasteiger partial charge in [-0.15, -0.1) is 12.4 Å². The van der Waals surface area contributed by atoms with Crippen LogP contribution in [0.1, 0.15) is 17.2 Å². The van der Waals surface area contributed by atoms with Crippen molar-refractivity contribution in [1.29, 1.82) is 0 Å². The third kappa shape index (κ3) is 4.80. The van der Waals surface area contributed by atoms with E-state index in [0.29, 0.717) is 19.7 Å². The summed E-state index contributed by atoms with van der Waals surface area (Å²) in [6.45, 7) is 2.15. The molecule has 7 nitrogen and oxygen atoms in total. The summed E-state index contributed by atoms with van der Waals surface area (Å²) >= 11 is 0. The Kier molecular flexibility index (Phi) is 6.97. The van der Waals surface area contributed by atoms with Crippen LogP contribution in [-0.4, -0.2) is 45.0 Å². The molecule has 0 bridgehead atoms. The molecule has 1 aromatic heterocycles. The Bertz CT molecular complexity index is 794. The average Bonchev–Trinajstić information content (AvgIpc) is 3.08. The van der Waals surface area contributed by atoms with Gasteiger partial charge in [0.25, 0.3) is 0 Å². The van der Waals surface area contributed by atoms with E-state index in [9.17, 15) is 8.42 Å². The monoisotopic (exact) mass is 386 g/mol. The van der Waals surface area contributed by atoms with Gasteiger partial charge in [0.1, 0.15) is 4.90 Å². The minimum atomic E-state index is -3.58. The summed E-state index contributed by atoms with van der Waals surface area (Å²) in [6, 6.07) is 8.11. The van der Waals surface area contributed by atoms with Gasteiger partial charge in [0.15, 0.2) is 0 Å². The summed E-state index contributed by atoms with van der Waals surface area (Å²) in [4.78, 5) is 0.169. The third-order valence-electron chi connectivity index (χ3n) is 4.14. The summed E-state index contributed by atoms with van der Waals surface area (Å²) in [7, 11) is -1.99. The number of nitrogens with zero attached hydrogens (tertiary/aromatic N) is 2. The van der Waals surface area contributed by atoms with Gasteiger partial charge in [-0.3, -0.25) is 4.68 Å². The number of nitrogens with one attached hydrogen (secondary N) is 2. The predicted molar refractivity (Wildman–Crippen MR) is 97.4 cm³/mol. The fourth-order valence-electron chi connectivity index (χ4n) is 2.84. The van der Waals surface area contributed by atoms with E-state index in [2.05, 4.69) is 21.2 Å². The predicted octanol–water partition coefficient (Wildman–Crippen LogP) is 1.12. The number of rotatable bonds is 7. The summed E-state index contributed by atoms with van der Waals surface area (Å²) < 4.78 is 34.1. The van der Waals surface area contributed by atoms with Crippen molar-refractivity contribution in [3.05, 3.63) is 47.8 Å². The summed E-state index contributed by atoms with van der Waals surface area (Å²) in [5.41, 5.74) is 2.43. The Morgan fingerprint density at radius 3 is 3.00 bits per heavy atom. The Morgan fingerprint density at radius 2 is 2.20 bits per heavy atom. The van der Waals surface area contributed by atoms with Crippen molar-refractivity contribution in [2.75, 3.05) is 26.8 Å². The minimum absolute atomic E-state index is 0. The largest absolute Gasteiger partial charge is 0.383 e. The van der Waals surface area contributed by atoms with Crippen LogP contribution < -0.4 is 10.0 Å². The van der Waals surface area contributed by atoms with Crippen LogP contribution in [0.5, 0.6) is 0 Å². The van der Waals surface area contributed by atoms with Crippen LogP contribution in [0.3, 0.4) is 0 Å². The Morgan fingerprint density at radius 1 is 1.40 bits per heavy atom. The molecule has 9 heteroatoms. The number of fused-ring (bicyclic) bond motifs is 1. The lowest BCUT2D eigenvalue weighted by molar-refractivity contribution is 0.183. The smallest absolute Gasteiger partial charge is 0.243 e. The van der Waals surface area contributed by atoms with Crippen LogP contribution in [-0.2, 0) is 27.7 Å². The maximum atomic E-state index is 12.5. The van der Waals surface area contributed by atoms with Gasteiger partial charge in [0, 0.05) is 25.9 Å². The van der Waals surface area contributed by atoms with Gasteiger partial charge in [0.2, 0.25) is 10.0 Å². The first kappa shape index (κ1) is 19.9. The normalized spacial score (nSPS) is 16.9. The first-order chi connectivity index (χ1) is 11.6. The molecule has 1 aromatic carbocycles. The topological polar surface area (TPSA) is 85.2 Å². The van der Waals surface area contributed by atoms with Crippen molar-refractivity contribution in [3.8, 4) is 0 Å². The van der Waals surface area contributed by atoms with Crippen molar-refractivity contribution >= 4 is 22.4 Å². The first-order valence-electron chi connectivity index (χ1n) is 7.92. The molecule has 2 aromatic rings. The highest BCUT2D eigenvalue weighted by Gasteiger charge is 2.23. The van der Waals surface area contributed by atoms with Crippen molar-refractivity contribution in [2.45, 2.75) is 23.9 Å². The van der Waals surface area contributed by atoms with Gasteiger partial charge in [-0.05, 0) is 24.1 Å². The number of methoxy groups -OCH3 is 1. The highest BCUT2D eigenvalue weighted by Crippen LogP contribution is 2.22. The quantitative estimate of drug-likeness (QED) is 0.744. The second-order valence-electron chi connectivity index (χ2n) is 5.74. The van der Waals surface area contributed by atoms with Crippen molar-refractivity contribution in [1.82, 2.24) is 19.8 Å². The van der Waals surface area contributed by atoms with E-state index >= 15 is 0 Å².